The summed E-state index contributed by atoms with van der Waals surface area (Å²) in [6.07, 6.45) is 5.34. The first-order valence-corrected chi connectivity index (χ1v) is 8.98. The van der Waals surface area contributed by atoms with Gasteiger partial charge in [-0.25, -0.2) is 4.39 Å². The Morgan fingerprint density at radius 3 is 2.44 bits per heavy atom. The van der Waals surface area contributed by atoms with E-state index >= 15 is 0 Å². The van der Waals surface area contributed by atoms with E-state index in [-0.39, 0.29) is 29.9 Å². The molecule has 1 aliphatic rings. The quantitative estimate of drug-likeness (QED) is 0.396. The maximum absolute atomic E-state index is 13.1. The zero-order valence-electron chi connectivity index (χ0n) is 15.2. The van der Waals surface area contributed by atoms with Crippen LogP contribution in [0.25, 0.3) is 0 Å². The normalized spacial score (nSPS) is 17.1. The van der Waals surface area contributed by atoms with Gasteiger partial charge < -0.3 is 9.84 Å². The summed E-state index contributed by atoms with van der Waals surface area (Å²) in [5.74, 6) is 0.607. The molecule has 1 aliphatic carbocycles. The standard InChI is InChI=1S/C21H27FO3/c1-4-14(3)16(13-23)12-20(21(24)19(5-2)15-6-7-15)25-18-10-8-17(22)9-11-18/h8-12,15,19,23H,4-7,13H2,1-3H3. The van der Waals surface area contributed by atoms with E-state index in [0.29, 0.717) is 17.2 Å². The molecule has 4 heteroatoms. The van der Waals surface area contributed by atoms with E-state index in [9.17, 15) is 14.3 Å². The lowest BCUT2D eigenvalue weighted by Crippen LogP contribution is -2.21. The Morgan fingerprint density at radius 1 is 1.32 bits per heavy atom. The number of benzene rings is 1. The molecule has 1 N–H and O–H groups in total. The van der Waals surface area contributed by atoms with Crippen molar-refractivity contribution in [2.75, 3.05) is 6.61 Å². The van der Waals surface area contributed by atoms with Crippen LogP contribution in [-0.4, -0.2) is 17.5 Å². The lowest BCUT2D eigenvalue weighted by Gasteiger charge is -2.17. The van der Waals surface area contributed by atoms with Gasteiger partial charge >= 0.3 is 0 Å². The largest absolute Gasteiger partial charge is 0.454 e. The molecule has 136 valence electrons. The summed E-state index contributed by atoms with van der Waals surface area (Å²) in [4.78, 5) is 13.0. The predicted molar refractivity (Wildman–Crippen MR) is 96.7 cm³/mol. The number of aliphatic hydroxyl groups is 1. The van der Waals surface area contributed by atoms with Gasteiger partial charge in [-0.2, -0.15) is 0 Å². The lowest BCUT2D eigenvalue weighted by atomic mass is 9.93. The molecule has 3 nitrogen and oxygen atoms in total. The third-order valence-corrected chi connectivity index (χ3v) is 4.81. The average molecular weight is 346 g/mol. The number of ketones is 1. The third kappa shape index (κ3) is 5.27. The summed E-state index contributed by atoms with van der Waals surface area (Å²) in [5.41, 5.74) is 1.70. The van der Waals surface area contributed by atoms with Crippen LogP contribution in [0.15, 0.2) is 47.2 Å². The second kappa shape index (κ2) is 8.95. The molecule has 0 amide bonds. The number of rotatable bonds is 9. The van der Waals surface area contributed by atoms with Gasteiger partial charge in [0.05, 0.1) is 6.61 Å². The van der Waals surface area contributed by atoms with Gasteiger partial charge in [0, 0.05) is 5.92 Å². The average Bonchev–Trinajstić information content (AvgIpc) is 3.45. The topological polar surface area (TPSA) is 46.5 Å². The van der Waals surface area contributed by atoms with Crippen molar-refractivity contribution in [1.82, 2.24) is 0 Å². The van der Waals surface area contributed by atoms with Crippen LogP contribution in [0.5, 0.6) is 5.75 Å². The van der Waals surface area contributed by atoms with E-state index < -0.39 is 0 Å². The van der Waals surface area contributed by atoms with Crippen LogP contribution in [0.2, 0.25) is 0 Å². The number of carbonyl (C=O) groups is 1. The number of carbonyl (C=O) groups excluding carboxylic acids is 1. The molecule has 0 bridgehead atoms. The molecular weight excluding hydrogens is 319 g/mol. The van der Waals surface area contributed by atoms with Crippen LogP contribution in [0.1, 0.15) is 46.5 Å². The van der Waals surface area contributed by atoms with Crippen molar-refractivity contribution >= 4 is 5.78 Å². The number of hydrogen-bond donors (Lipinski definition) is 1. The number of hydrogen-bond acceptors (Lipinski definition) is 3. The fraction of sp³-hybridized carbons (Fsp3) is 0.476. The number of allylic oxidation sites excluding steroid dienone is 2. The molecule has 2 rings (SSSR count). The smallest absolute Gasteiger partial charge is 0.201 e. The molecule has 0 heterocycles. The fourth-order valence-corrected chi connectivity index (χ4v) is 2.88. The second-order valence-corrected chi connectivity index (χ2v) is 6.60. The van der Waals surface area contributed by atoms with Crippen molar-refractivity contribution in [3.63, 3.8) is 0 Å². The second-order valence-electron chi connectivity index (χ2n) is 6.60. The third-order valence-electron chi connectivity index (χ3n) is 4.81. The van der Waals surface area contributed by atoms with Gasteiger partial charge in [0.2, 0.25) is 5.78 Å². The van der Waals surface area contributed by atoms with Gasteiger partial charge in [-0.15, -0.1) is 0 Å². The molecule has 0 aliphatic heterocycles. The summed E-state index contributed by atoms with van der Waals surface area (Å²) >= 11 is 0. The molecule has 1 aromatic rings. The number of Topliss-reactive ketones (excluding diaryl/α,β-unsaturated/α-hetero) is 1. The van der Waals surface area contributed by atoms with Gasteiger partial charge in [-0.05, 0) is 74.4 Å². The van der Waals surface area contributed by atoms with Crippen LogP contribution in [0.3, 0.4) is 0 Å². The van der Waals surface area contributed by atoms with Crippen LogP contribution < -0.4 is 4.74 Å². The lowest BCUT2D eigenvalue weighted by molar-refractivity contribution is -0.122. The minimum absolute atomic E-state index is 0.0378. The maximum atomic E-state index is 13.1. The molecule has 1 fully saturated rings. The molecule has 1 aromatic carbocycles. The van der Waals surface area contributed by atoms with Gasteiger partial charge in [0.15, 0.2) is 5.76 Å². The van der Waals surface area contributed by atoms with Crippen molar-refractivity contribution in [2.45, 2.75) is 46.5 Å². The summed E-state index contributed by atoms with van der Waals surface area (Å²) in [7, 11) is 0. The highest BCUT2D eigenvalue weighted by Gasteiger charge is 2.36. The SMILES string of the molecule is CCC(C)=C(C=C(Oc1ccc(F)cc1)C(=O)C(CC)C1CC1)CO. The van der Waals surface area contributed by atoms with Crippen LogP contribution in [0.4, 0.5) is 4.39 Å². The van der Waals surface area contributed by atoms with Crippen molar-refractivity contribution < 1.29 is 19.0 Å². The van der Waals surface area contributed by atoms with E-state index in [1.165, 1.54) is 24.3 Å². The molecule has 25 heavy (non-hydrogen) atoms. The minimum atomic E-state index is -0.355. The molecule has 1 saturated carbocycles. The Morgan fingerprint density at radius 2 is 1.96 bits per heavy atom. The first-order valence-electron chi connectivity index (χ1n) is 8.98. The van der Waals surface area contributed by atoms with Crippen LogP contribution in [0, 0.1) is 17.7 Å². The van der Waals surface area contributed by atoms with Gasteiger partial charge in [0.25, 0.3) is 0 Å². The Hall–Kier alpha value is -1.94. The monoisotopic (exact) mass is 346 g/mol. The highest BCUT2D eigenvalue weighted by Crippen LogP contribution is 2.40. The summed E-state index contributed by atoms with van der Waals surface area (Å²) in [6.45, 7) is 5.79. The molecule has 0 saturated heterocycles. The highest BCUT2D eigenvalue weighted by atomic mass is 19.1. The summed E-state index contributed by atoms with van der Waals surface area (Å²) in [5, 5.41) is 9.66. The van der Waals surface area contributed by atoms with E-state index in [1.807, 2.05) is 20.8 Å². The fourth-order valence-electron chi connectivity index (χ4n) is 2.88. The van der Waals surface area contributed by atoms with Gasteiger partial charge in [-0.3, -0.25) is 4.79 Å². The Kier molecular flexibility index (Phi) is 6.94. The zero-order chi connectivity index (χ0) is 18.4. The predicted octanol–water partition coefficient (Wildman–Crippen LogP) is 4.81. The number of aliphatic hydroxyl groups excluding tert-OH is 1. The van der Waals surface area contributed by atoms with Crippen LogP contribution in [-0.2, 0) is 4.79 Å². The Balaban J connectivity index is 2.35. The van der Waals surface area contributed by atoms with Crippen molar-refractivity contribution in [2.24, 2.45) is 11.8 Å². The molecule has 0 spiro atoms. The first-order chi connectivity index (χ1) is 12.0. The number of ether oxygens (including phenoxy) is 1. The first kappa shape index (κ1) is 19.4. The van der Waals surface area contributed by atoms with Crippen molar-refractivity contribution in [3.8, 4) is 5.75 Å². The van der Waals surface area contributed by atoms with Crippen LogP contribution >= 0.6 is 0 Å². The van der Waals surface area contributed by atoms with Gasteiger partial charge in [-0.1, -0.05) is 19.4 Å². The highest BCUT2D eigenvalue weighted by molar-refractivity contribution is 5.96. The Bertz CT molecular complexity index is 654. The minimum Gasteiger partial charge on any atom is -0.454 e. The van der Waals surface area contributed by atoms with E-state index in [4.69, 9.17) is 4.74 Å². The molecule has 0 radical (unpaired) electrons. The van der Waals surface area contributed by atoms with Crippen molar-refractivity contribution in [1.29, 1.82) is 0 Å². The van der Waals surface area contributed by atoms with Crippen molar-refractivity contribution in [3.05, 3.63) is 53.1 Å². The van der Waals surface area contributed by atoms with E-state index in [2.05, 4.69) is 0 Å². The van der Waals surface area contributed by atoms with Gasteiger partial charge in [0.1, 0.15) is 11.6 Å². The Labute approximate surface area is 149 Å². The van der Waals surface area contributed by atoms with E-state index in [1.54, 1.807) is 6.08 Å². The molecule has 0 aromatic heterocycles. The maximum Gasteiger partial charge on any atom is 0.201 e. The summed E-state index contributed by atoms with van der Waals surface area (Å²) < 4.78 is 18.9. The molecule has 1 atom stereocenters. The molecule has 1 unspecified atom stereocenters. The summed E-state index contributed by atoms with van der Waals surface area (Å²) in [6, 6.07) is 5.61. The molecular formula is C21H27FO3. The zero-order valence-corrected chi connectivity index (χ0v) is 15.2. The number of halogens is 1. The van der Waals surface area contributed by atoms with E-state index in [0.717, 1.165) is 31.3 Å².